The number of anilines is 1. The summed E-state index contributed by atoms with van der Waals surface area (Å²) in [5, 5.41) is 1.56. The number of likely N-dealkylation sites (tertiary alicyclic amines) is 2. The van der Waals surface area contributed by atoms with Crippen molar-refractivity contribution in [2.45, 2.75) is 71.4 Å². The molecule has 7 heteroatoms. The zero-order valence-electron chi connectivity index (χ0n) is 20.4. The number of nitrogens with zero attached hydrogens (tertiary/aromatic N) is 2. The molecule has 33 heavy (non-hydrogen) atoms. The molecule has 3 aliphatic heterocycles. The highest BCUT2D eigenvalue weighted by molar-refractivity contribution is 7.23. The van der Waals surface area contributed by atoms with Crippen LogP contribution in [-0.4, -0.2) is 59.5 Å². The molecule has 0 bridgehead atoms. The van der Waals surface area contributed by atoms with Crippen LogP contribution in [0.15, 0.2) is 24.3 Å². The first-order chi connectivity index (χ1) is 15.8. The summed E-state index contributed by atoms with van der Waals surface area (Å²) in [7, 11) is 0. The van der Waals surface area contributed by atoms with E-state index in [1.807, 2.05) is 56.9 Å². The van der Waals surface area contributed by atoms with Crippen LogP contribution >= 0.6 is 11.3 Å². The van der Waals surface area contributed by atoms with Crippen molar-refractivity contribution in [1.29, 1.82) is 0 Å². The van der Waals surface area contributed by atoms with Crippen LogP contribution < -0.4 is 5.73 Å². The normalized spacial score (nSPS) is 25.7. The van der Waals surface area contributed by atoms with Gasteiger partial charge < -0.3 is 15.4 Å². The number of amides is 1. The number of benzene rings is 1. The minimum Gasteiger partial charge on any atom is -0.459 e. The van der Waals surface area contributed by atoms with E-state index in [1.54, 1.807) is 0 Å². The van der Waals surface area contributed by atoms with Crippen LogP contribution in [0.4, 0.5) is 5.00 Å². The summed E-state index contributed by atoms with van der Waals surface area (Å²) in [6.45, 7) is 11.3. The van der Waals surface area contributed by atoms with Gasteiger partial charge >= 0.3 is 5.97 Å². The largest absolute Gasteiger partial charge is 0.459 e. The van der Waals surface area contributed by atoms with Gasteiger partial charge in [-0.05, 0) is 52.1 Å². The van der Waals surface area contributed by atoms with E-state index in [0.717, 1.165) is 68.4 Å². The second-order valence-corrected chi connectivity index (χ2v) is 11.1. The first kappa shape index (κ1) is 24.0. The Morgan fingerprint density at radius 1 is 1.15 bits per heavy atom. The van der Waals surface area contributed by atoms with Crippen LogP contribution in [0.5, 0.6) is 0 Å². The summed E-state index contributed by atoms with van der Waals surface area (Å²) in [6.07, 6.45) is 4.62. The molecule has 2 N–H and O–H groups in total. The Balaban J connectivity index is 0.00000126. The van der Waals surface area contributed by atoms with Gasteiger partial charge in [0.25, 0.3) is 5.91 Å². The molecular formula is C26H37N3O3S. The zero-order valence-corrected chi connectivity index (χ0v) is 21.2. The van der Waals surface area contributed by atoms with E-state index < -0.39 is 0 Å². The summed E-state index contributed by atoms with van der Waals surface area (Å²) in [5.74, 6) is 0.0271. The van der Waals surface area contributed by atoms with Crippen LogP contribution in [-0.2, 0) is 9.53 Å². The fourth-order valence-electron chi connectivity index (χ4n) is 5.95. The maximum atomic E-state index is 13.3. The third-order valence-electron chi connectivity index (χ3n) is 7.28. The SMILES string of the molecule is CC.CC1(C)CC2(CCCN(C3CCN(C(=O)c4c(N)sc5ccccc45)CC3)C2)C(=O)O1. The van der Waals surface area contributed by atoms with Crippen molar-refractivity contribution in [2.75, 3.05) is 31.9 Å². The monoisotopic (exact) mass is 471 g/mol. The summed E-state index contributed by atoms with van der Waals surface area (Å²) in [5.41, 5.74) is 6.17. The second kappa shape index (κ2) is 9.26. The number of ether oxygens (including phenoxy) is 1. The number of esters is 1. The molecule has 1 aromatic carbocycles. The topological polar surface area (TPSA) is 75.9 Å². The van der Waals surface area contributed by atoms with Crippen molar-refractivity contribution in [3.63, 3.8) is 0 Å². The van der Waals surface area contributed by atoms with E-state index in [2.05, 4.69) is 4.90 Å². The highest BCUT2D eigenvalue weighted by Crippen LogP contribution is 2.46. The summed E-state index contributed by atoms with van der Waals surface area (Å²) < 4.78 is 6.74. The van der Waals surface area contributed by atoms with Crippen molar-refractivity contribution in [1.82, 2.24) is 9.80 Å². The Kier molecular flexibility index (Phi) is 6.74. The Labute approximate surface area is 201 Å². The number of cyclic esters (lactones) is 1. The molecule has 0 aliphatic carbocycles. The molecule has 1 atom stereocenters. The van der Waals surface area contributed by atoms with Crippen LogP contribution in [0.3, 0.4) is 0 Å². The van der Waals surface area contributed by atoms with E-state index in [4.69, 9.17) is 10.5 Å². The molecule has 3 saturated heterocycles. The van der Waals surface area contributed by atoms with Crippen molar-refractivity contribution in [2.24, 2.45) is 5.41 Å². The van der Waals surface area contributed by atoms with Crippen LogP contribution in [0, 0.1) is 5.41 Å². The number of piperidine rings is 2. The van der Waals surface area contributed by atoms with Gasteiger partial charge in [-0.15, -0.1) is 11.3 Å². The number of fused-ring (bicyclic) bond motifs is 1. The molecule has 1 spiro atoms. The summed E-state index contributed by atoms with van der Waals surface area (Å²) in [4.78, 5) is 30.4. The fourth-order valence-corrected chi connectivity index (χ4v) is 6.91. The Morgan fingerprint density at radius 2 is 1.85 bits per heavy atom. The molecule has 180 valence electrons. The number of hydrogen-bond acceptors (Lipinski definition) is 6. The zero-order chi connectivity index (χ0) is 23.8. The van der Waals surface area contributed by atoms with Gasteiger partial charge in [-0.2, -0.15) is 0 Å². The smallest absolute Gasteiger partial charge is 0.314 e. The van der Waals surface area contributed by atoms with Gasteiger partial charge in [0.1, 0.15) is 5.60 Å². The van der Waals surface area contributed by atoms with Crippen molar-refractivity contribution < 1.29 is 14.3 Å². The molecular weight excluding hydrogens is 434 g/mol. The lowest BCUT2D eigenvalue weighted by molar-refractivity contribution is -0.154. The molecule has 1 unspecified atom stereocenters. The average molecular weight is 472 g/mol. The van der Waals surface area contributed by atoms with Gasteiger partial charge in [0.2, 0.25) is 0 Å². The number of hydrogen-bond donors (Lipinski definition) is 1. The van der Waals surface area contributed by atoms with Gasteiger partial charge in [0.05, 0.1) is 16.0 Å². The third-order valence-corrected chi connectivity index (χ3v) is 8.28. The maximum absolute atomic E-state index is 13.3. The van der Waals surface area contributed by atoms with Gasteiger partial charge in [0, 0.05) is 42.2 Å². The number of thiophene rings is 1. The van der Waals surface area contributed by atoms with E-state index in [-0.39, 0.29) is 22.9 Å². The van der Waals surface area contributed by atoms with Crippen LogP contribution in [0.25, 0.3) is 10.1 Å². The third kappa shape index (κ3) is 4.50. The number of nitrogen functional groups attached to an aromatic ring is 1. The Hall–Kier alpha value is -2.12. The number of carbonyl (C=O) groups excluding carboxylic acids is 2. The van der Waals surface area contributed by atoms with Crippen molar-refractivity contribution in [3.8, 4) is 0 Å². The molecule has 0 saturated carbocycles. The second-order valence-electron chi connectivity index (χ2n) is 10.0. The van der Waals surface area contributed by atoms with E-state index in [9.17, 15) is 9.59 Å². The fraction of sp³-hybridized carbons (Fsp3) is 0.615. The van der Waals surface area contributed by atoms with Gasteiger partial charge in [-0.3, -0.25) is 14.5 Å². The predicted molar refractivity (Wildman–Crippen MR) is 135 cm³/mol. The molecule has 1 aromatic heterocycles. The van der Waals surface area contributed by atoms with Gasteiger partial charge in [-0.25, -0.2) is 0 Å². The minimum absolute atomic E-state index is 0.0189. The van der Waals surface area contributed by atoms with E-state index in [1.165, 1.54) is 11.3 Å². The number of rotatable bonds is 2. The predicted octanol–water partition coefficient (Wildman–Crippen LogP) is 4.92. The first-order valence-corrected chi connectivity index (χ1v) is 13.1. The lowest BCUT2D eigenvalue weighted by atomic mass is 9.74. The maximum Gasteiger partial charge on any atom is 0.314 e. The molecule has 4 heterocycles. The van der Waals surface area contributed by atoms with Crippen LogP contribution in [0.1, 0.15) is 70.2 Å². The van der Waals surface area contributed by atoms with E-state index in [0.29, 0.717) is 16.6 Å². The molecule has 1 amide bonds. The van der Waals surface area contributed by atoms with E-state index >= 15 is 0 Å². The molecule has 2 aromatic rings. The number of nitrogens with two attached hydrogens (primary N) is 1. The van der Waals surface area contributed by atoms with Crippen molar-refractivity contribution >= 4 is 38.3 Å². The Bertz CT molecular complexity index is 1020. The molecule has 3 fully saturated rings. The molecule has 3 aliphatic rings. The standard InChI is InChI=1S/C24H31N3O3S.C2H6/c1-23(2)14-24(22(29)30-23)10-5-11-27(15-24)16-8-12-26(13-9-16)21(28)19-17-6-3-4-7-18(17)31-20(19)25;1-2/h3-4,6-7,16H,5,8-15,25H2,1-2H3;1-2H3. The lowest BCUT2D eigenvalue weighted by Crippen LogP contribution is -2.53. The van der Waals surface area contributed by atoms with Crippen molar-refractivity contribution in [3.05, 3.63) is 29.8 Å². The first-order valence-electron chi connectivity index (χ1n) is 12.3. The lowest BCUT2D eigenvalue weighted by Gasteiger charge is -2.44. The highest BCUT2D eigenvalue weighted by Gasteiger charge is 2.54. The Morgan fingerprint density at radius 3 is 2.52 bits per heavy atom. The van der Waals surface area contributed by atoms with Gasteiger partial charge in [0.15, 0.2) is 0 Å². The quantitative estimate of drug-likeness (QED) is 0.629. The molecule has 6 nitrogen and oxygen atoms in total. The average Bonchev–Trinajstić information content (AvgIpc) is 3.25. The minimum atomic E-state index is -0.362. The molecule has 5 rings (SSSR count). The molecule has 0 radical (unpaired) electrons. The highest BCUT2D eigenvalue weighted by atomic mass is 32.1. The van der Waals surface area contributed by atoms with Gasteiger partial charge in [-0.1, -0.05) is 32.0 Å². The number of carbonyl (C=O) groups is 2. The summed E-state index contributed by atoms with van der Waals surface area (Å²) >= 11 is 1.48. The summed E-state index contributed by atoms with van der Waals surface area (Å²) in [6, 6.07) is 8.34. The van der Waals surface area contributed by atoms with Crippen LogP contribution in [0.2, 0.25) is 0 Å².